The molecule has 3 aromatic heterocycles. The minimum atomic E-state index is 0.716. The summed E-state index contributed by atoms with van der Waals surface area (Å²) < 4.78 is 5.74. The van der Waals surface area contributed by atoms with Crippen molar-refractivity contribution in [3.8, 4) is 0 Å². The first-order valence-electron chi connectivity index (χ1n) is 6.91. The highest BCUT2D eigenvalue weighted by Crippen LogP contribution is 2.13. The molecule has 0 spiro atoms. The number of nitrogens with one attached hydrogen (secondary N) is 1. The van der Waals surface area contributed by atoms with Crippen LogP contribution >= 0.6 is 11.3 Å². The molecule has 7 heteroatoms. The number of nitrogens with zero attached hydrogens (tertiary/aromatic N) is 4. The summed E-state index contributed by atoms with van der Waals surface area (Å²) in [6, 6.07) is 0. The van der Waals surface area contributed by atoms with Crippen LogP contribution in [0.15, 0.2) is 16.0 Å². The van der Waals surface area contributed by atoms with Crippen LogP contribution in [0.5, 0.6) is 0 Å². The van der Waals surface area contributed by atoms with Crippen molar-refractivity contribution in [1.82, 2.24) is 25.1 Å². The van der Waals surface area contributed by atoms with Crippen LogP contribution in [0, 0.1) is 13.8 Å². The number of thiazole rings is 1. The lowest BCUT2D eigenvalue weighted by Crippen LogP contribution is -1.94. The predicted molar refractivity (Wildman–Crippen MR) is 79.3 cm³/mol. The highest BCUT2D eigenvalue weighted by Gasteiger charge is 2.08. The molecule has 0 unspecified atom stereocenters. The molecule has 0 saturated carbocycles. The third-order valence-corrected chi connectivity index (χ3v) is 4.09. The molecule has 0 atom stereocenters. The number of rotatable bonds is 6. The molecule has 3 rings (SSSR count). The molecule has 21 heavy (non-hydrogen) atoms. The Morgan fingerprint density at radius 2 is 2.05 bits per heavy atom. The van der Waals surface area contributed by atoms with Crippen molar-refractivity contribution in [2.45, 2.75) is 39.5 Å². The van der Waals surface area contributed by atoms with Gasteiger partial charge in [-0.3, -0.25) is 5.10 Å². The molecule has 110 valence electrons. The maximum atomic E-state index is 5.74. The van der Waals surface area contributed by atoms with Gasteiger partial charge in [-0.25, -0.2) is 15.0 Å². The summed E-state index contributed by atoms with van der Waals surface area (Å²) in [6.45, 7) is 3.90. The molecule has 6 nitrogen and oxygen atoms in total. The fourth-order valence-corrected chi connectivity index (χ4v) is 2.82. The molecular weight excluding hydrogens is 286 g/mol. The van der Waals surface area contributed by atoms with Gasteiger partial charge in [0.2, 0.25) is 0 Å². The van der Waals surface area contributed by atoms with Crippen molar-refractivity contribution >= 4 is 11.3 Å². The number of H-pyrrole nitrogens is 1. The van der Waals surface area contributed by atoms with Crippen LogP contribution in [-0.4, -0.2) is 25.1 Å². The summed E-state index contributed by atoms with van der Waals surface area (Å²) >= 11 is 1.69. The second-order valence-electron chi connectivity index (χ2n) is 4.94. The first-order chi connectivity index (χ1) is 10.2. The first-order valence-corrected chi connectivity index (χ1v) is 7.79. The number of hydrogen-bond acceptors (Lipinski definition) is 6. The normalized spacial score (nSPS) is 11.1. The van der Waals surface area contributed by atoms with Crippen LogP contribution in [-0.2, 0) is 25.7 Å². The number of aromatic nitrogens is 5. The Bertz CT molecular complexity index is 656. The fourth-order valence-electron chi connectivity index (χ4n) is 2.05. The van der Waals surface area contributed by atoms with Crippen molar-refractivity contribution in [2.75, 3.05) is 0 Å². The lowest BCUT2D eigenvalue weighted by Gasteiger charge is -1.94. The SMILES string of the molecule is Cc1csc(CCc2cnc(CCc3n[nH]c(C)n3)o2)n1. The average molecular weight is 303 g/mol. The number of aryl methyl sites for hydroxylation is 6. The zero-order valence-electron chi connectivity index (χ0n) is 12.1. The van der Waals surface area contributed by atoms with Gasteiger partial charge in [0.1, 0.15) is 11.6 Å². The van der Waals surface area contributed by atoms with Crippen LogP contribution < -0.4 is 0 Å². The van der Waals surface area contributed by atoms with Crippen LogP contribution in [0.1, 0.15) is 34.0 Å². The molecule has 0 saturated heterocycles. The van der Waals surface area contributed by atoms with E-state index in [-0.39, 0.29) is 0 Å². The molecule has 0 aliphatic carbocycles. The van der Waals surface area contributed by atoms with Gasteiger partial charge >= 0.3 is 0 Å². The predicted octanol–water partition coefficient (Wildman–Crippen LogP) is 2.44. The van der Waals surface area contributed by atoms with Gasteiger partial charge in [0.15, 0.2) is 11.7 Å². The van der Waals surface area contributed by atoms with Gasteiger partial charge in [-0.2, -0.15) is 5.10 Å². The Kier molecular flexibility index (Phi) is 4.10. The monoisotopic (exact) mass is 303 g/mol. The molecular formula is C14H17N5OS. The van der Waals surface area contributed by atoms with Crippen molar-refractivity contribution in [3.05, 3.63) is 45.6 Å². The van der Waals surface area contributed by atoms with E-state index in [1.54, 1.807) is 17.5 Å². The summed E-state index contributed by atoms with van der Waals surface area (Å²) in [5.41, 5.74) is 1.08. The van der Waals surface area contributed by atoms with Gasteiger partial charge < -0.3 is 4.42 Å². The maximum Gasteiger partial charge on any atom is 0.194 e. The van der Waals surface area contributed by atoms with E-state index in [1.807, 2.05) is 13.8 Å². The van der Waals surface area contributed by atoms with Crippen LogP contribution in [0.3, 0.4) is 0 Å². The molecule has 0 bridgehead atoms. The van der Waals surface area contributed by atoms with Gasteiger partial charge in [-0.15, -0.1) is 11.3 Å². The Labute approximate surface area is 126 Å². The zero-order chi connectivity index (χ0) is 14.7. The second kappa shape index (κ2) is 6.17. The lowest BCUT2D eigenvalue weighted by molar-refractivity contribution is 0.452. The second-order valence-corrected chi connectivity index (χ2v) is 5.88. The number of oxazole rings is 1. The number of aromatic amines is 1. The summed E-state index contributed by atoms with van der Waals surface area (Å²) in [5.74, 6) is 3.27. The van der Waals surface area contributed by atoms with E-state index < -0.39 is 0 Å². The summed E-state index contributed by atoms with van der Waals surface area (Å²) in [5, 5.41) is 10.1. The topological polar surface area (TPSA) is 80.5 Å². The van der Waals surface area contributed by atoms with Gasteiger partial charge in [0.05, 0.1) is 11.2 Å². The van der Waals surface area contributed by atoms with Crippen LogP contribution in [0.4, 0.5) is 0 Å². The van der Waals surface area contributed by atoms with Gasteiger partial charge in [0.25, 0.3) is 0 Å². The van der Waals surface area contributed by atoms with Crippen molar-refractivity contribution in [2.24, 2.45) is 0 Å². The Morgan fingerprint density at radius 1 is 1.14 bits per heavy atom. The third kappa shape index (κ3) is 3.75. The van der Waals surface area contributed by atoms with Gasteiger partial charge in [-0.05, 0) is 13.8 Å². The standard InChI is InChI=1S/C14H17N5OS/c1-9-8-21-14(16-9)6-3-11-7-15-13(20-11)5-4-12-17-10(2)18-19-12/h7-8H,3-6H2,1-2H3,(H,17,18,19). The van der Waals surface area contributed by atoms with Crippen molar-refractivity contribution < 1.29 is 4.42 Å². The van der Waals surface area contributed by atoms with E-state index in [9.17, 15) is 0 Å². The molecule has 0 aliphatic rings. The van der Waals surface area contributed by atoms with Crippen LogP contribution in [0.25, 0.3) is 0 Å². The van der Waals surface area contributed by atoms with E-state index in [4.69, 9.17) is 4.42 Å². The highest BCUT2D eigenvalue weighted by molar-refractivity contribution is 7.09. The Balaban J connectivity index is 1.51. The number of hydrogen-bond donors (Lipinski definition) is 1. The van der Waals surface area contributed by atoms with E-state index in [1.165, 1.54) is 0 Å². The van der Waals surface area contributed by atoms with E-state index in [0.717, 1.165) is 53.3 Å². The van der Waals surface area contributed by atoms with Crippen molar-refractivity contribution in [1.29, 1.82) is 0 Å². The Hall–Kier alpha value is -2.02. The summed E-state index contributed by atoms with van der Waals surface area (Å²) in [7, 11) is 0. The average Bonchev–Trinajstić information content (AvgIpc) is 3.16. The molecule has 0 aromatic carbocycles. The van der Waals surface area contributed by atoms with E-state index in [0.29, 0.717) is 6.42 Å². The van der Waals surface area contributed by atoms with Crippen LogP contribution in [0.2, 0.25) is 0 Å². The zero-order valence-corrected chi connectivity index (χ0v) is 12.9. The maximum absolute atomic E-state index is 5.74. The molecule has 0 fully saturated rings. The first kappa shape index (κ1) is 13.9. The fraction of sp³-hybridized carbons (Fsp3) is 0.429. The molecule has 0 aliphatic heterocycles. The van der Waals surface area contributed by atoms with E-state index >= 15 is 0 Å². The highest BCUT2D eigenvalue weighted by atomic mass is 32.1. The molecule has 3 heterocycles. The minimum Gasteiger partial charge on any atom is -0.446 e. The van der Waals surface area contributed by atoms with E-state index in [2.05, 4.69) is 30.5 Å². The summed E-state index contributed by atoms with van der Waals surface area (Å²) in [6.07, 6.45) is 4.98. The lowest BCUT2D eigenvalue weighted by atomic mass is 10.3. The van der Waals surface area contributed by atoms with Gasteiger partial charge in [0, 0.05) is 36.8 Å². The largest absolute Gasteiger partial charge is 0.446 e. The molecule has 3 aromatic rings. The quantitative estimate of drug-likeness (QED) is 0.756. The molecule has 0 radical (unpaired) electrons. The summed E-state index contributed by atoms with van der Waals surface area (Å²) in [4.78, 5) is 13.0. The third-order valence-electron chi connectivity index (χ3n) is 3.06. The minimum absolute atomic E-state index is 0.716. The van der Waals surface area contributed by atoms with Gasteiger partial charge in [-0.1, -0.05) is 0 Å². The molecule has 1 N–H and O–H groups in total. The smallest absolute Gasteiger partial charge is 0.194 e. The Morgan fingerprint density at radius 3 is 2.76 bits per heavy atom. The van der Waals surface area contributed by atoms with Crippen molar-refractivity contribution in [3.63, 3.8) is 0 Å². The molecule has 0 amide bonds.